The Bertz CT molecular complexity index is 798. The van der Waals surface area contributed by atoms with Gasteiger partial charge in [0.15, 0.2) is 0 Å². The summed E-state index contributed by atoms with van der Waals surface area (Å²) in [5.41, 5.74) is 0. The molecule has 0 bridgehead atoms. The second-order valence-corrected chi connectivity index (χ2v) is 11.1. The zero-order valence-electron chi connectivity index (χ0n) is 22.9. The number of thioether (sulfide) groups is 1. The van der Waals surface area contributed by atoms with E-state index in [2.05, 4.69) is 10.2 Å². The lowest BCUT2D eigenvalue weighted by molar-refractivity contribution is -0.156. The summed E-state index contributed by atoms with van der Waals surface area (Å²) in [4.78, 5) is 62.9. The largest absolute Gasteiger partial charge is 0.464 e. The number of rotatable bonds is 14. The first-order chi connectivity index (χ1) is 17.8. The zero-order valence-corrected chi connectivity index (χ0v) is 23.8. The molecular formula is C24H40N2O11S. The Hall–Kier alpha value is -2.58. The molecule has 38 heavy (non-hydrogen) atoms. The monoisotopic (exact) mass is 564 g/mol. The Morgan fingerprint density at radius 1 is 0.842 bits per heavy atom. The number of carbonyl (C=O) groups is 5. The quantitative estimate of drug-likeness (QED) is 0.142. The molecule has 1 atom stereocenters. The van der Waals surface area contributed by atoms with Crippen molar-refractivity contribution in [1.29, 1.82) is 0 Å². The minimum absolute atomic E-state index is 0.0891. The van der Waals surface area contributed by atoms with E-state index in [-0.39, 0.29) is 6.61 Å². The second kappa shape index (κ2) is 17.1. The molecule has 0 saturated carbocycles. The van der Waals surface area contributed by atoms with Crippen molar-refractivity contribution in [3.63, 3.8) is 0 Å². The highest BCUT2D eigenvalue weighted by atomic mass is 32.2. The predicted octanol–water partition coefficient (Wildman–Crippen LogP) is 2.31. The third kappa shape index (κ3) is 13.3. The van der Waals surface area contributed by atoms with E-state index in [1.54, 1.807) is 27.7 Å². The van der Waals surface area contributed by atoms with Gasteiger partial charge in [0.25, 0.3) is 0 Å². The molecule has 14 heteroatoms. The maximum Gasteiger partial charge on any atom is 0.410 e. The van der Waals surface area contributed by atoms with E-state index < -0.39 is 65.5 Å². The Morgan fingerprint density at radius 3 is 1.95 bits per heavy atom. The van der Waals surface area contributed by atoms with Crippen molar-refractivity contribution in [1.82, 2.24) is 10.2 Å². The van der Waals surface area contributed by atoms with Gasteiger partial charge in [0.2, 0.25) is 13.6 Å². The number of hydrogen-bond donors (Lipinski definition) is 1. The van der Waals surface area contributed by atoms with Crippen molar-refractivity contribution >= 4 is 41.1 Å². The Morgan fingerprint density at radius 2 is 1.39 bits per heavy atom. The van der Waals surface area contributed by atoms with E-state index in [0.29, 0.717) is 37.9 Å². The second-order valence-electron chi connectivity index (χ2n) is 9.56. The molecule has 0 aromatic heterocycles. The summed E-state index contributed by atoms with van der Waals surface area (Å²) in [6.07, 6.45) is -0.491. The van der Waals surface area contributed by atoms with Crippen LogP contribution in [0.2, 0.25) is 0 Å². The summed E-state index contributed by atoms with van der Waals surface area (Å²) in [6, 6.07) is -1.34. The first-order valence-corrected chi connectivity index (χ1v) is 13.2. The maximum absolute atomic E-state index is 13.0. The van der Waals surface area contributed by atoms with Gasteiger partial charge >= 0.3 is 29.3 Å². The maximum atomic E-state index is 13.0. The molecule has 0 aliphatic carbocycles. The molecule has 1 saturated heterocycles. The number of nitrogens with one attached hydrogen (secondary N) is 1. The van der Waals surface area contributed by atoms with Crippen LogP contribution in [-0.4, -0.2) is 98.0 Å². The fraction of sp³-hybridized carbons (Fsp3) is 0.792. The smallest absolute Gasteiger partial charge is 0.410 e. The molecule has 0 unspecified atom stereocenters. The highest BCUT2D eigenvalue weighted by Gasteiger charge is 2.41. The number of hydrogen-bond acceptors (Lipinski definition) is 13. The van der Waals surface area contributed by atoms with E-state index in [0.717, 1.165) is 13.1 Å². The number of amides is 1. The van der Waals surface area contributed by atoms with Gasteiger partial charge in [-0.2, -0.15) is 0 Å². The van der Waals surface area contributed by atoms with E-state index in [1.807, 2.05) is 0 Å². The minimum atomic E-state index is -1.34. The van der Waals surface area contributed by atoms with Gasteiger partial charge in [-0.3, -0.25) is 14.5 Å². The van der Waals surface area contributed by atoms with Crippen LogP contribution in [0.15, 0.2) is 0 Å². The lowest BCUT2D eigenvalue weighted by Gasteiger charge is -2.31. The molecule has 1 heterocycles. The van der Waals surface area contributed by atoms with E-state index in [9.17, 15) is 24.0 Å². The first kappa shape index (κ1) is 33.4. The van der Waals surface area contributed by atoms with E-state index >= 15 is 0 Å². The third-order valence-corrected chi connectivity index (χ3v) is 6.26. The third-order valence-electron chi connectivity index (χ3n) is 5.22. The highest BCUT2D eigenvalue weighted by Crippen LogP contribution is 2.31. The fourth-order valence-electron chi connectivity index (χ4n) is 2.96. The average Bonchev–Trinajstić information content (AvgIpc) is 2.84. The van der Waals surface area contributed by atoms with E-state index in [4.69, 9.17) is 28.4 Å². The van der Waals surface area contributed by atoms with Crippen molar-refractivity contribution < 1.29 is 52.4 Å². The van der Waals surface area contributed by atoms with E-state index in [1.165, 1.54) is 13.8 Å². The van der Waals surface area contributed by atoms with Crippen molar-refractivity contribution in [3.05, 3.63) is 0 Å². The number of alkyl carbamates (subject to hydrolysis) is 1. The average molecular weight is 565 g/mol. The number of ether oxygens (including phenoxy) is 6. The number of morpholine rings is 1. The van der Waals surface area contributed by atoms with Gasteiger partial charge < -0.3 is 33.7 Å². The molecule has 1 fully saturated rings. The SMILES string of the molecule is CC(C)C(=O)OCOC(=O)N[C@@H](C(=O)OCCCN1CCOCC1)C(C)(C)SC(=O)OCOC(=O)C(C)C. The van der Waals surface area contributed by atoms with Crippen molar-refractivity contribution in [3.8, 4) is 0 Å². The van der Waals surface area contributed by atoms with Gasteiger partial charge in [0, 0.05) is 19.6 Å². The van der Waals surface area contributed by atoms with Crippen LogP contribution in [0.4, 0.5) is 9.59 Å². The van der Waals surface area contributed by atoms with Gasteiger partial charge in [0.05, 0.1) is 36.4 Å². The molecule has 0 aromatic carbocycles. The number of carbonyl (C=O) groups excluding carboxylic acids is 5. The van der Waals surface area contributed by atoms with Crippen LogP contribution >= 0.6 is 11.8 Å². The molecular weight excluding hydrogens is 524 g/mol. The summed E-state index contributed by atoms with van der Waals surface area (Å²) in [6.45, 7) is 12.0. The van der Waals surface area contributed by atoms with Crippen molar-refractivity contribution in [2.24, 2.45) is 11.8 Å². The molecule has 1 N–H and O–H groups in total. The Balaban J connectivity index is 2.72. The summed E-state index contributed by atoms with van der Waals surface area (Å²) in [5, 5.41) is 1.54. The standard InChI is InChI=1S/C24H40N2O11S/c1-16(2)19(27)34-14-36-22(30)25-18(21(29)33-11-7-8-26-9-12-32-13-10-26)24(5,6)38-23(31)37-15-35-20(28)17(3)4/h16-18H,7-15H2,1-6H3,(H,25,30)/t18-/m0/s1. The lowest BCUT2D eigenvalue weighted by atomic mass is 10.0. The lowest BCUT2D eigenvalue weighted by Crippen LogP contribution is -2.54. The molecule has 1 aliphatic rings. The highest BCUT2D eigenvalue weighted by molar-refractivity contribution is 8.14. The molecule has 1 amide bonds. The van der Waals surface area contributed by atoms with Crippen LogP contribution in [0.5, 0.6) is 0 Å². The summed E-state index contributed by atoms with van der Waals surface area (Å²) >= 11 is 0.604. The van der Waals surface area contributed by atoms with Crippen LogP contribution in [0.3, 0.4) is 0 Å². The van der Waals surface area contributed by atoms with Gasteiger partial charge in [-0.05, 0) is 32.0 Å². The molecule has 13 nitrogen and oxygen atoms in total. The van der Waals surface area contributed by atoms with Crippen LogP contribution in [0.1, 0.15) is 48.0 Å². The zero-order chi connectivity index (χ0) is 28.7. The molecule has 218 valence electrons. The molecule has 0 radical (unpaired) electrons. The summed E-state index contributed by atoms with van der Waals surface area (Å²) in [5.74, 6) is -2.70. The summed E-state index contributed by atoms with van der Waals surface area (Å²) < 4.78 is 28.9. The molecule has 1 rings (SSSR count). The predicted molar refractivity (Wildman–Crippen MR) is 136 cm³/mol. The van der Waals surface area contributed by atoms with Gasteiger partial charge in [-0.25, -0.2) is 14.4 Å². The normalized spacial score (nSPS) is 14.9. The van der Waals surface area contributed by atoms with Gasteiger partial charge in [0.1, 0.15) is 6.04 Å². The summed E-state index contributed by atoms with van der Waals surface area (Å²) in [7, 11) is 0. The topological polar surface area (TPSA) is 156 Å². The van der Waals surface area contributed by atoms with Crippen molar-refractivity contribution in [2.45, 2.75) is 58.8 Å². The van der Waals surface area contributed by atoms with Crippen LogP contribution in [-0.2, 0) is 42.8 Å². The molecule has 0 aromatic rings. The molecule has 1 aliphatic heterocycles. The minimum Gasteiger partial charge on any atom is -0.464 e. The Labute approximate surface area is 227 Å². The van der Waals surface area contributed by atoms with Crippen LogP contribution in [0, 0.1) is 11.8 Å². The number of nitrogens with zero attached hydrogens (tertiary/aromatic N) is 1. The van der Waals surface area contributed by atoms with Gasteiger partial charge in [-0.1, -0.05) is 27.7 Å². The first-order valence-electron chi connectivity index (χ1n) is 12.4. The Kier molecular flexibility index (Phi) is 15.0. The van der Waals surface area contributed by atoms with Crippen LogP contribution in [0.25, 0.3) is 0 Å². The van der Waals surface area contributed by atoms with Crippen molar-refractivity contribution in [2.75, 3.05) is 53.0 Å². The molecule has 0 spiro atoms. The van der Waals surface area contributed by atoms with Crippen LogP contribution < -0.4 is 5.32 Å². The number of esters is 3. The van der Waals surface area contributed by atoms with Gasteiger partial charge in [-0.15, -0.1) is 0 Å². The fourth-order valence-corrected chi connectivity index (χ4v) is 3.77.